The zero-order valence-corrected chi connectivity index (χ0v) is 14.2. The van der Waals surface area contributed by atoms with Gasteiger partial charge in [-0.25, -0.2) is 4.79 Å². The molecule has 0 aromatic carbocycles. The number of carbonyl (C=O) groups excluding carboxylic acids is 3. The van der Waals surface area contributed by atoms with Gasteiger partial charge in [0.15, 0.2) is 5.78 Å². The summed E-state index contributed by atoms with van der Waals surface area (Å²) in [4.78, 5) is 33.5. The summed E-state index contributed by atoms with van der Waals surface area (Å²) in [7, 11) is 0. The van der Waals surface area contributed by atoms with Crippen molar-refractivity contribution in [3.8, 4) is 0 Å². The molecule has 0 spiro atoms. The molecule has 0 saturated carbocycles. The number of allylic oxidation sites excluding steroid dienone is 1. The van der Waals surface area contributed by atoms with Crippen molar-refractivity contribution in [2.24, 2.45) is 0 Å². The lowest BCUT2D eigenvalue weighted by atomic mass is 10.2. The van der Waals surface area contributed by atoms with E-state index in [4.69, 9.17) is 9.47 Å². The van der Waals surface area contributed by atoms with Gasteiger partial charge < -0.3 is 25.4 Å². The zero-order valence-electron chi connectivity index (χ0n) is 14.2. The number of hydrogen-bond donors (Lipinski definition) is 3. The Morgan fingerprint density at radius 1 is 0.917 bits per heavy atom. The van der Waals surface area contributed by atoms with Crippen LogP contribution in [0, 0.1) is 0 Å². The normalized spacial score (nSPS) is 9.88. The Morgan fingerprint density at radius 2 is 1.46 bits per heavy atom. The SMILES string of the molecule is C=CC(=O)NCCOCCOCCNC(=O)NCCC(=O)C(=C)C. The van der Waals surface area contributed by atoms with Crippen LogP contribution in [-0.2, 0) is 19.1 Å². The lowest BCUT2D eigenvalue weighted by molar-refractivity contribution is -0.117. The first kappa shape index (κ1) is 21.8. The first-order valence-electron chi connectivity index (χ1n) is 7.73. The van der Waals surface area contributed by atoms with Gasteiger partial charge >= 0.3 is 6.03 Å². The van der Waals surface area contributed by atoms with Gasteiger partial charge in [-0.3, -0.25) is 9.59 Å². The maximum Gasteiger partial charge on any atom is 0.314 e. The Balaban J connectivity index is 3.33. The summed E-state index contributed by atoms with van der Waals surface area (Å²) in [6.07, 6.45) is 1.44. The minimum absolute atomic E-state index is 0.0670. The average Bonchev–Trinajstić information content (AvgIpc) is 2.55. The van der Waals surface area contributed by atoms with Crippen LogP contribution in [0.5, 0.6) is 0 Å². The topological polar surface area (TPSA) is 106 Å². The van der Waals surface area contributed by atoms with E-state index in [0.29, 0.717) is 45.1 Å². The number of urea groups is 1. The number of rotatable bonds is 14. The molecule has 0 aliphatic rings. The van der Waals surface area contributed by atoms with Gasteiger partial charge in [-0.2, -0.15) is 0 Å². The molecule has 0 atom stereocenters. The van der Waals surface area contributed by atoms with E-state index in [9.17, 15) is 14.4 Å². The molecule has 0 heterocycles. The maximum absolute atomic E-state index is 11.4. The Labute approximate surface area is 142 Å². The summed E-state index contributed by atoms with van der Waals surface area (Å²) in [6.45, 7) is 11.1. The van der Waals surface area contributed by atoms with Crippen LogP contribution in [0.2, 0.25) is 0 Å². The van der Waals surface area contributed by atoms with Crippen molar-refractivity contribution in [3.63, 3.8) is 0 Å². The summed E-state index contributed by atoms with van der Waals surface area (Å²) in [6, 6.07) is -0.345. The van der Waals surface area contributed by atoms with Crippen LogP contribution in [0.4, 0.5) is 4.79 Å². The second-order valence-corrected chi connectivity index (χ2v) is 4.86. The first-order chi connectivity index (χ1) is 11.5. The highest BCUT2D eigenvalue weighted by atomic mass is 16.5. The van der Waals surface area contributed by atoms with E-state index in [1.165, 1.54) is 6.08 Å². The largest absolute Gasteiger partial charge is 0.377 e. The van der Waals surface area contributed by atoms with E-state index in [-0.39, 0.29) is 30.7 Å². The van der Waals surface area contributed by atoms with Crippen LogP contribution in [0.25, 0.3) is 0 Å². The monoisotopic (exact) mass is 341 g/mol. The van der Waals surface area contributed by atoms with Crippen LogP contribution >= 0.6 is 0 Å². The minimum atomic E-state index is -0.345. The predicted octanol–water partition coefficient (Wildman–Crippen LogP) is 0.156. The number of hydrogen-bond acceptors (Lipinski definition) is 5. The van der Waals surface area contributed by atoms with E-state index >= 15 is 0 Å². The van der Waals surface area contributed by atoms with Gasteiger partial charge in [0.05, 0.1) is 26.4 Å². The third kappa shape index (κ3) is 13.5. The molecule has 0 fully saturated rings. The second kappa shape index (κ2) is 14.4. The first-order valence-corrected chi connectivity index (χ1v) is 7.73. The summed E-state index contributed by atoms with van der Waals surface area (Å²) in [5.74, 6) is -0.300. The molecule has 24 heavy (non-hydrogen) atoms. The van der Waals surface area contributed by atoms with E-state index in [0.717, 1.165) is 0 Å². The molecule has 8 heteroatoms. The van der Waals surface area contributed by atoms with Crippen molar-refractivity contribution in [2.75, 3.05) is 46.1 Å². The average molecular weight is 341 g/mol. The minimum Gasteiger partial charge on any atom is -0.377 e. The molecule has 136 valence electrons. The van der Waals surface area contributed by atoms with Crippen molar-refractivity contribution >= 4 is 17.7 Å². The molecule has 0 unspecified atom stereocenters. The maximum atomic E-state index is 11.4. The summed E-state index contributed by atoms with van der Waals surface area (Å²) in [5.41, 5.74) is 0.482. The molecule has 0 aromatic rings. The summed E-state index contributed by atoms with van der Waals surface area (Å²) < 4.78 is 10.5. The fourth-order valence-corrected chi connectivity index (χ4v) is 1.44. The molecule has 0 saturated heterocycles. The third-order valence-electron chi connectivity index (χ3n) is 2.75. The fourth-order valence-electron chi connectivity index (χ4n) is 1.44. The number of Topliss-reactive ketones (excluding diaryl/α,β-unsaturated/α-hetero) is 1. The van der Waals surface area contributed by atoms with Gasteiger partial charge in [-0.15, -0.1) is 0 Å². The molecule has 3 N–H and O–H groups in total. The van der Waals surface area contributed by atoms with Crippen LogP contribution in [-0.4, -0.2) is 63.8 Å². The van der Waals surface area contributed by atoms with Crippen LogP contribution in [0.3, 0.4) is 0 Å². The van der Waals surface area contributed by atoms with Crippen molar-refractivity contribution in [1.29, 1.82) is 0 Å². The predicted molar refractivity (Wildman–Crippen MR) is 90.7 cm³/mol. The van der Waals surface area contributed by atoms with E-state index in [1.54, 1.807) is 6.92 Å². The Kier molecular flexibility index (Phi) is 13.1. The standard InChI is InChI=1S/C16H27N3O5/c1-4-15(21)17-7-9-23-11-12-24-10-8-19-16(22)18-6-5-14(20)13(2)3/h4H,1-2,5-12H2,3H3,(H,17,21)(H2,18,19,22). The molecule has 0 aliphatic heterocycles. The smallest absolute Gasteiger partial charge is 0.314 e. The Hall–Kier alpha value is -2.19. The van der Waals surface area contributed by atoms with Crippen molar-refractivity contribution in [3.05, 3.63) is 24.8 Å². The number of carbonyl (C=O) groups is 3. The van der Waals surface area contributed by atoms with Gasteiger partial charge in [0.25, 0.3) is 0 Å². The lowest BCUT2D eigenvalue weighted by Gasteiger charge is -2.08. The molecule has 8 nitrogen and oxygen atoms in total. The molecule has 0 aromatic heterocycles. The van der Waals surface area contributed by atoms with E-state index in [2.05, 4.69) is 29.1 Å². The highest BCUT2D eigenvalue weighted by Crippen LogP contribution is 1.93. The van der Waals surface area contributed by atoms with Crippen molar-refractivity contribution in [1.82, 2.24) is 16.0 Å². The lowest BCUT2D eigenvalue weighted by Crippen LogP contribution is -2.38. The van der Waals surface area contributed by atoms with Gasteiger partial charge in [0.2, 0.25) is 5.91 Å². The van der Waals surface area contributed by atoms with Crippen LogP contribution in [0.1, 0.15) is 13.3 Å². The molecule has 3 amide bonds. The number of ether oxygens (including phenoxy) is 2. The molecule has 0 aliphatic carbocycles. The van der Waals surface area contributed by atoms with E-state index < -0.39 is 0 Å². The van der Waals surface area contributed by atoms with Gasteiger partial charge in [0.1, 0.15) is 0 Å². The number of ketones is 1. The highest BCUT2D eigenvalue weighted by molar-refractivity contribution is 5.94. The Bertz CT molecular complexity index is 437. The Morgan fingerprint density at radius 3 is 2.00 bits per heavy atom. The zero-order chi connectivity index (χ0) is 18.2. The molecular formula is C16H27N3O5. The molecule has 0 rings (SSSR count). The summed E-state index contributed by atoms with van der Waals surface area (Å²) >= 11 is 0. The summed E-state index contributed by atoms with van der Waals surface area (Å²) in [5, 5.41) is 7.77. The van der Waals surface area contributed by atoms with Crippen LogP contribution < -0.4 is 16.0 Å². The van der Waals surface area contributed by atoms with Gasteiger partial charge in [-0.1, -0.05) is 13.2 Å². The molecular weight excluding hydrogens is 314 g/mol. The van der Waals surface area contributed by atoms with Crippen molar-refractivity contribution in [2.45, 2.75) is 13.3 Å². The molecule has 0 bridgehead atoms. The molecule has 0 radical (unpaired) electrons. The second-order valence-electron chi connectivity index (χ2n) is 4.86. The fraction of sp³-hybridized carbons (Fsp3) is 0.562. The quantitative estimate of drug-likeness (QED) is 0.308. The van der Waals surface area contributed by atoms with Gasteiger partial charge in [0, 0.05) is 26.1 Å². The third-order valence-corrected chi connectivity index (χ3v) is 2.75. The van der Waals surface area contributed by atoms with E-state index in [1.807, 2.05) is 0 Å². The van der Waals surface area contributed by atoms with Crippen molar-refractivity contribution < 1.29 is 23.9 Å². The highest BCUT2D eigenvalue weighted by Gasteiger charge is 2.04. The number of nitrogens with one attached hydrogen (secondary N) is 3. The van der Waals surface area contributed by atoms with Crippen LogP contribution in [0.15, 0.2) is 24.8 Å². The van der Waals surface area contributed by atoms with Gasteiger partial charge in [-0.05, 0) is 18.6 Å². The number of amides is 3.